The average Bonchev–Trinajstić information content (AvgIpc) is 3.38. The number of ether oxygens (including phenoxy) is 11. The van der Waals surface area contributed by atoms with Gasteiger partial charge in [-0.15, -0.1) is 12.8 Å². The maximum atomic E-state index is 12.4. The van der Waals surface area contributed by atoms with E-state index in [9.17, 15) is 5.11 Å². The summed E-state index contributed by atoms with van der Waals surface area (Å²) in [5, 5.41) is 12.4. The van der Waals surface area contributed by atoms with Crippen molar-refractivity contribution in [2.75, 3.05) is 40.6 Å². The van der Waals surface area contributed by atoms with Crippen LogP contribution >= 0.6 is 0 Å². The van der Waals surface area contributed by atoms with E-state index in [2.05, 4.69) is 11.8 Å². The summed E-state index contributed by atoms with van der Waals surface area (Å²) >= 11 is 0. The van der Waals surface area contributed by atoms with Crippen molar-refractivity contribution in [3.63, 3.8) is 0 Å². The van der Waals surface area contributed by atoms with E-state index in [1.165, 1.54) is 0 Å². The fourth-order valence-electron chi connectivity index (χ4n) is 8.50. The highest BCUT2D eigenvalue weighted by molar-refractivity contribution is 5.27. The van der Waals surface area contributed by atoms with Gasteiger partial charge in [-0.3, -0.25) is 0 Å². The van der Waals surface area contributed by atoms with E-state index in [1.54, 1.807) is 14.2 Å². The Balaban J connectivity index is 1.22. The van der Waals surface area contributed by atoms with E-state index < -0.39 is 61.0 Å². The standard InChI is InChI=1S/C56H62O12/c1-5-30-62-53-49(38-60-33-43-22-26-45(58-3)27-23-43)67-47(52(51(53)57)64-35-40-16-10-7-11-17-40)32-48-54(65-36-41-18-12-8-13-19-41)56(66-37-42-20-14-9-15-21-42)55(63-31-6-2)50(68-48)39-61-34-44-24-28-46(59-4)29-25-44/h1-2,7-29,47-57H,30-39H2,3-4H3/t47-,48-,49?,50?,51?,52?,53+,54?,55-,56?/m1/s1. The van der Waals surface area contributed by atoms with Gasteiger partial charge >= 0.3 is 0 Å². The van der Waals surface area contributed by atoms with Gasteiger partial charge in [0.1, 0.15) is 73.5 Å². The Morgan fingerprint density at radius 2 is 0.779 bits per heavy atom. The number of aliphatic hydroxyl groups is 1. The Labute approximate surface area is 400 Å². The molecule has 0 spiro atoms. The van der Waals surface area contributed by atoms with Gasteiger partial charge in [0, 0.05) is 6.42 Å². The van der Waals surface area contributed by atoms with Crippen LogP contribution in [-0.2, 0) is 75.7 Å². The summed E-state index contributed by atoms with van der Waals surface area (Å²) in [4.78, 5) is 0. The molecule has 10 atom stereocenters. The van der Waals surface area contributed by atoms with Crippen LogP contribution in [0.25, 0.3) is 0 Å². The number of terminal acetylenes is 2. The second-order valence-corrected chi connectivity index (χ2v) is 16.6. The molecule has 1 N–H and O–H groups in total. The van der Waals surface area contributed by atoms with E-state index >= 15 is 0 Å². The molecule has 0 aromatic heterocycles. The van der Waals surface area contributed by atoms with Gasteiger partial charge in [0.2, 0.25) is 0 Å². The minimum Gasteiger partial charge on any atom is -0.497 e. The number of hydrogen-bond acceptors (Lipinski definition) is 12. The first kappa shape index (κ1) is 50.3. The molecule has 2 fully saturated rings. The zero-order valence-electron chi connectivity index (χ0n) is 38.7. The van der Waals surface area contributed by atoms with Crippen molar-refractivity contribution in [1.82, 2.24) is 0 Å². The molecule has 12 nitrogen and oxygen atoms in total. The van der Waals surface area contributed by atoms with Gasteiger partial charge in [0.25, 0.3) is 0 Å². The normalized spacial score (nSPS) is 24.7. The third kappa shape index (κ3) is 14.5. The van der Waals surface area contributed by atoms with Gasteiger partial charge in [0.05, 0.1) is 72.7 Å². The predicted octanol–water partition coefficient (Wildman–Crippen LogP) is 7.52. The number of methoxy groups -OCH3 is 2. The zero-order valence-corrected chi connectivity index (χ0v) is 38.7. The van der Waals surface area contributed by atoms with E-state index in [0.717, 1.165) is 39.3 Å². The molecule has 68 heavy (non-hydrogen) atoms. The third-order valence-electron chi connectivity index (χ3n) is 11.9. The lowest BCUT2D eigenvalue weighted by Crippen LogP contribution is -2.64. The van der Waals surface area contributed by atoms with E-state index in [0.29, 0.717) is 6.61 Å². The van der Waals surface area contributed by atoms with Crippen molar-refractivity contribution >= 4 is 0 Å². The minimum atomic E-state index is -1.19. The van der Waals surface area contributed by atoms with E-state index in [4.69, 9.17) is 65.0 Å². The van der Waals surface area contributed by atoms with Crippen molar-refractivity contribution < 1.29 is 57.2 Å². The summed E-state index contributed by atoms with van der Waals surface area (Å²) in [6.07, 6.45) is 3.64. The van der Waals surface area contributed by atoms with Crippen LogP contribution in [0.15, 0.2) is 140 Å². The second kappa shape index (κ2) is 26.8. The summed E-state index contributed by atoms with van der Waals surface area (Å²) in [5.74, 6) is 6.66. The number of aliphatic hydroxyl groups excluding tert-OH is 1. The molecule has 0 radical (unpaired) electrons. The highest BCUT2D eigenvalue weighted by Crippen LogP contribution is 2.37. The zero-order chi connectivity index (χ0) is 47.3. The van der Waals surface area contributed by atoms with E-state index in [1.807, 2.05) is 140 Å². The number of benzene rings is 5. The summed E-state index contributed by atoms with van der Waals surface area (Å²) < 4.78 is 70.6. The molecule has 12 heteroatoms. The minimum absolute atomic E-state index is 0.00510. The lowest BCUT2D eigenvalue weighted by molar-refractivity contribution is -0.291. The van der Waals surface area contributed by atoms with Crippen molar-refractivity contribution in [1.29, 1.82) is 0 Å². The van der Waals surface area contributed by atoms with Crippen LogP contribution in [0.1, 0.15) is 34.2 Å². The average molecular weight is 927 g/mol. The van der Waals surface area contributed by atoms with Gasteiger partial charge in [-0.2, -0.15) is 0 Å². The molecule has 0 saturated carbocycles. The molecule has 358 valence electrons. The van der Waals surface area contributed by atoms with Gasteiger partial charge in [-0.25, -0.2) is 0 Å². The molecular weight excluding hydrogens is 865 g/mol. The fourth-order valence-corrected chi connectivity index (χ4v) is 8.50. The van der Waals surface area contributed by atoms with Crippen LogP contribution in [0.5, 0.6) is 11.5 Å². The smallest absolute Gasteiger partial charge is 0.118 e. The van der Waals surface area contributed by atoms with Crippen molar-refractivity contribution in [2.24, 2.45) is 0 Å². The summed E-state index contributed by atoms with van der Waals surface area (Å²) in [6.45, 7) is 1.39. The maximum absolute atomic E-state index is 12.4. The maximum Gasteiger partial charge on any atom is 0.118 e. The highest BCUT2D eigenvalue weighted by atomic mass is 16.6. The molecule has 7 rings (SSSR count). The SMILES string of the molecule is C#CCO[C@@H]1C(COCc2ccc(OC)cc2)O[C@H](C[C@H]2OC(COCc3ccc(OC)cc3)[C@H](OCC#C)C(O)C2OCc2ccccc2)C(OCc2ccccc2)C1OCc1ccccc1. The molecule has 0 bridgehead atoms. The quantitative estimate of drug-likeness (QED) is 0.0584. The van der Waals surface area contributed by atoms with Crippen molar-refractivity contribution in [3.8, 4) is 36.2 Å². The van der Waals surface area contributed by atoms with Crippen LogP contribution in [0, 0.1) is 24.7 Å². The molecule has 2 aliphatic heterocycles. The molecule has 6 unspecified atom stereocenters. The molecule has 0 aliphatic carbocycles. The Kier molecular flexibility index (Phi) is 19.8. The van der Waals surface area contributed by atoms with Crippen molar-refractivity contribution in [3.05, 3.63) is 167 Å². The first-order valence-corrected chi connectivity index (χ1v) is 22.9. The van der Waals surface area contributed by atoms with Gasteiger partial charge in [-0.05, 0) is 52.1 Å². The molecular formula is C56H62O12. The van der Waals surface area contributed by atoms with Crippen LogP contribution < -0.4 is 9.47 Å². The first-order chi connectivity index (χ1) is 33.5. The molecule has 2 heterocycles. The second-order valence-electron chi connectivity index (χ2n) is 16.6. The van der Waals surface area contributed by atoms with Gasteiger partial charge < -0.3 is 57.2 Å². The summed E-state index contributed by atoms with van der Waals surface area (Å²) in [7, 11) is 3.25. The Morgan fingerprint density at radius 1 is 0.426 bits per heavy atom. The predicted molar refractivity (Wildman–Crippen MR) is 255 cm³/mol. The van der Waals surface area contributed by atoms with E-state index in [-0.39, 0.29) is 59.3 Å². The molecule has 5 aromatic carbocycles. The Morgan fingerprint density at radius 3 is 1.22 bits per heavy atom. The van der Waals surface area contributed by atoms with Crippen molar-refractivity contribution in [2.45, 2.75) is 100 Å². The topological polar surface area (TPSA) is 122 Å². The highest BCUT2D eigenvalue weighted by Gasteiger charge is 2.53. The monoisotopic (exact) mass is 926 g/mol. The summed E-state index contributed by atoms with van der Waals surface area (Å²) in [6, 6.07) is 44.8. The molecule has 2 aliphatic rings. The number of rotatable bonds is 25. The lowest BCUT2D eigenvalue weighted by atomic mass is 9.87. The lowest BCUT2D eigenvalue weighted by Gasteiger charge is -2.49. The Hall–Kier alpha value is -5.58. The Bertz CT molecular complexity index is 2270. The molecule has 5 aromatic rings. The largest absolute Gasteiger partial charge is 0.497 e. The fraction of sp³-hybridized carbons (Fsp3) is 0.393. The summed E-state index contributed by atoms with van der Waals surface area (Å²) in [5.41, 5.74) is 4.71. The first-order valence-electron chi connectivity index (χ1n) is 22.9. The van der Waals surface area contributed by atoms with Crippen LogP contribution in [0.4, 0.5) is 0 Å². The molecule has 2 saturated heterocycles. The van der Waals surface area contributed by atoms with Crippen LogP contribution in [0.2, 0.25) is 0 Å². The van der Waals surface area contributed by atoms with Crippen LogP contribution in [0.3, 0.4) is 0 Å². The van der Waals surface area contributed by atoms with Gasteiger partial charge in [-0.1, -0.05) is 127 Å². The third-order valence-corrected chi connectivity index (χ3v) is 11.9. The van der Waals surface area contributed by atoms with Crippen LogP contribution in [-0.4, -0.2) is 107 Å². The van der Waals surface area contributed by atoms with Gasteiger partial charge in [0.15, 0.2) is 0 Å². The molecule has 0 amide bonds. The number of hydrogen-bond donors (Lipinski definition) is 1.